The fourth-order valence-corrected chi connectivity index (χ4v) is 3.22. The van der Waals surface area contributed by atoms with E-state index >= 15 is 0 Å². The fourth-order valence-electron chi connectivity index (χ4n) is 2.60. The molecule has 1 aromatic rings. The Balaban J connectivity index is 2.15. The molecule has 1 atom stereocenters. The van der Waals surface area contributed by atoms with Crippen LogP contribution in [-0.4, -0.2) is 60.2 Å². The molecule has 0 aromatic carbocycles. The van der Waals surface area contributed by atoms with Crippen LogP contribution in [0.25, 0.3) is 0 Å². The summed E-state index contributed by atoms with van der Waals surface area (Å²) in [6, 6.07) is 2.53. The summed E-state index contributed by atoms with van der Waals surface area (Å²) < 4.78 is 0. The van der Waals surface area contributed by atoms with Crippen molar-refractivity contribution in [2.24, 2.45) is 0 Å². The Labute approximate surface area is 150 Å². The van der Waals surface area contributed by atoms with Crippen molar-refractivity contribution in [3.63, 3.8) is 0 Å². The molecule has 2 heterocycles. The topological polar surface area (TPSA) is 108 Å². The molecule has 4 amide bonds. The summed E-state index contributed by atoms with van der Waals surface area (Å²) in [5.74, 6) is -1.46. The van der Waals surface area contributed by atoms with Crippen molar-refractivity contribution in [2.75, 3.05) is 20.1 Å². The Morgan fingerprint density at radius 3 is 2.72 bits per heavy atom. The van der Waals surface area contributed by atoms with E-state index in [0.717, 1.165) is 0 Å². The molecular formula is C16H22N4O4S. The Hall–Kier alpha value is -2.42. The van der Waals surface area contributed by atoms with E-state index in [1.807, 2.05) is 0 Å². The second-order valence-electron chi connectivity index (χ2n) is 6.24. The molecule has 0 saturated carbocycles. The van der Waals surface area contributed by atoms with Crippen LogP contribution in [0, 0.1) is 0 Å². The molecule has 3 N–H and O–H groups in total. The summed E-state index contributed by atoms with van der Waals surface area (Å²) in [4.78, 5) is 50.9. The molecule has 0 radical (unpaired) electrons. The van der Waals surface area contributed by atoms with Crippen LogP contribution in [0.4, 0.5) is 0 Å². The maximum absolute atomic E-state index is 13.0. The lowest BCUT2D eigenvalue weighted by Gasteiger charge is -2.39. The molecule has 2 rings (SSSR count). The first-order chi connectivity index (χ1) is 11.8. The van der Waals surface area contributed by atoms with Gasteiger partial charge in [0.05, 0.1) is 11.3 Å². The lowest BCUT2D eigenvalue weighted by Crippen LogP contribution is -2.64. The van der Waals surface area contributed by atoms with Crippen molar-refractivity contribution in [1.29, 1.82) is 0 Å². The Morgan fingerprint density at radius 1 is 1.40 bits per heavy atom. The van der Waals surface area contributed by atoms with Crippen molar-refractivity contribution in [1.82, 2.24) is 20.9 Å². The number of piperazine rings is 1. The van der Waals surface area contributed by atoms with E-state index in [1.165, 1.54) is 23.3 Å². The minimum atomic E-state index is -1.21. The van der Waals surface area contributed by atoms with Gasteiger partial charge in [0, 0.05) is 20.1 Å². The molecule has 0 bridgehead atoms. The van der Waals surface area contributed by atoms with Crippen LogP contribution in [-0.2, 0) is 14.4 Å². The number of nitrogens with one attached hydrogen (secondary N) is 3. The van der Waals surface area contributed by atoms with Gasteiger partial charge < -0.3 is 20.9 Å². The van der Waals surface area contributed by atoms with E-state index in [1.54, 1.807) is 31.4 Å². The molecule has 9 heteroatoms. The van der Waals surface area contributed by atoms with Gasteiger partial charge in [-0.1, -0.05) is 6.07 Å². The maximum atomic E-state index is 13.0. The number of carbonyl (C=O) groups is 4. The van der Waals surface area contributed by atoms with E-state index in [4.69, 9.17) is 0 Å². The van der Waals surface area contributed by atoms with E-state index in [2.05, 4.69) is 16.0 Å². The monoisotopic (exact) mass is 366 g/mol. The predicted molar refractivity (Wildman–Crippen MR) is 93.1 cm³/mol. The molecule has 1 saturated heterocycles. The largest absolute Gasteiger partial charge is 0.359 e. The summed E-state index contributed by atoms with van der Waals surface area (Å²) in [6.45, 7) is 3.77. The second kappa shape index (κ2) is 7.64. The SMILES string of the molecule is CNC(=O)C[C@@H]1C(=O)NCCN1C(=O)C(C)(C)NC(=O)c1cccs1. The highest BCUT2D eigenvalue weighted by Crippen LogP contribution is 2.17. The Morgan fingerprint density at radius 2 is 2.12 bits per heavy atom. The van der Waals surface area contributed by atoms with Crippen LogP contribution in [0.15, 0.2) is 17.5 Å². The number of nitrogens with zero attached hydrogens (tertiary/aromatic N) is 1. The highest BCUT2D eigenvalue weighted by molar-refractivity contribution is 7.12. The van der Waals surface area contributed by atoms with Gasteiger partial charge in [-0.3, -0.25) is 19.2 Å². The van der Waals surface area contributed by atoms with Crippen LogP contribution < -0.4 is 16.0 Å². The number of amides is 4. The molecule has 1 fully saturated rings. The molecule has 1 aromatic heterocycles. The number of thiophene rings is 1. The first-order valence-corrected chi connectivity index (χ1v) is 8.79. The van der Waals surface area contributed by atoms with Crippen LogP contribution in [0.2, 0.25) is 0 Å². The van der Waals surface area contributed by atoms with Crippen LogP contribution in [0.3, 0.4) is 0 Å². The highest BCUT2D eigenvalue weighted by Gasteiger charge is 2.41. The van der Waals surface area contributed by atoms with Gasteiger partial charge in [0.1, 0.15) is 11.6 Å². The second-order valence-corrected chi connectivity index (χ2v) is 7.19. The third-order valence-electron chi connectivity index (χ3n) is 3.95. The van der Waals surface area contributed by atoms with Crippen molar-refractivity contribution in [2.45, 2.75) is 31.8 Å². The summed E-state index contributed by atoms with van der Waals surface area (Å²) in [7, 11) is 1.47. The zero-order valence-corrected chi connectivity index (χ0v) is 15.2. The maximum Gasteiger partial charge on any atom is 0.262 e. The van der Waals surface area contributed by atoms with Crippen molar-refractivity contribution >= 4 is 35.0 Å². The van der Waals surface area contributed by atoms with Crippen LogP contribution in [0.5, 0.6) is 0 Å². The molecule has 25 heavy (non-hydrogen) atoms. The highest BCUT2D eigenvalue weighted by atomic mass is 32.1. The van der Waals surface area contributed by atoms with E-state index in [0.29, 0.717) is 11.4 Å². The van der Waals surface area contributed by atoms with Gasteiger partial charge in [-0.15, -0.1) is 11.3 Å². The lowest BCUT2D eigenvalue weighted by molar-refractivity contribution is -0.148. The average Bonchev–Trinajstić information content (AvgIpc) is 3.10. The molecule has 8 nitrogen and oxygen atoms in total. The van der Waals surface area contributed by atoms with Gasteiger partial charge >= 0.3 is 0 Å². The van der Waals surface area contributed by atoms with Gasteiger partial charge in [-0.25, -0.2) is 0 Å². The summed E-state index contributed by atoms with van der Waals surface area (Å²) in [6.07, 6.45) is -0.122. The minimum Gasteiger partial charge on any atom is -0.359 e. The lowest BCUT2D eigenvalue weighted by atomic mass is 9.99. The number of hydrogen-bond acceptors (Lipinski definition) is 5. The average molecular weight is 366 g/mol. The number of rotatable bonds is 5. The quantitative estimate of drug-likeness (QED) is 0.666. The van der Waals surface area contributed by atoms with Gasteiger partial charge in [-0.2, -0.15) is 0 Å². The molecule has 0 spiro atoms. The number of carbonyl (C=O) groups excluding carboxylic acids is 4. The Kier molecular flexibility index (Phi) is 5.78. The summed E-state index contributed by atoms with van der Waals surface area (Å²) >= 11 is 1.28. The van der Waals surface area contributed by atoms with E-state index in [9.17, 15) is 19.2 Å². The van der Waals surface area contributed by atoms with Crippen LogP contribution in [0.1, 0.15) is 29.9 Å². The summed E-state index contributed by atoms with van der Waals surface area (Å²) in [5, 5.41) is 9.60. The van der Waals surface area contributed by atoms with Crippen molar-refractivity contribution < 1.29 is 19.2 Å². The Bertz CT molecular complexity index is 672. The third kappa shape index (κ3) is 4.36. The first kappa shape index (κ1) is 18.9. The van der Waals surface area contributed by atoms with Crippen molar-refractivity contribution in [3.05, 3.63) is 22.4 Å². The molecule has 136 valence electrons. The zero-order valence-electron chi connectivity index (χ0n) is 14.4. The first-order valence-electron chi connectivity index (χ1n) is 7.91. The number of hydrogen-bond donors (Lipinski definition) is 3. The van der Waals surface area contributed by atoms with Gasteiger partial charge in [0.25, 0.3) is 5.91 Å². The fraction of sp³-hybridized carbons (Fsp3) is 0.500. The molecular weight excluding hydrogens is 344 g/mol. The normalized spacial score (nSPS) is 17.6. The standard InChI is InChI=1S/C16H22N4O4S/c1-16(2,19-14(23)11-5-4-8-25-11)15(24)20-7-6-18-13(22)10(20)9-12(21)17-3/h4-5,8,10H,6-7,9H2,1-3H3,(H,17,21)(H,18,22)(H,19,23)/t10-/m1/s1. The van der Waals surface area contributed by atoms with Gasteiger partial charge in [0.2, 0.25) is 17.7 Å². The van der Waals surface area contributed by atoms with E-state index in [-0.39, 0.29) is 30.7 Å². The van der Waals surface area contributed by atoms with Crippen molar-refractivity contribution in [3.8, 4) is 0 Å². The van der Waals surface area contributed by atoms with Gasteiger partial charge in [0.15, 0.2) is 0 Å². The molecule has 0 aliphatic carbocycles. The predicted octanol–water partition coefficient (Wildman–Crippen LogP) is -0.280. The minimum absolute atomic E-state index is 0.122. The molecule has 0 unspecified atom stereocenters. The van der Waals surface area contributed by atoms with E-state index < -0.39 is 17.5 Å². The molecule has 1 aliphatic heterocycles. The summed E-state index contributed by atoms with van der Waals surface area (Å²) in [5.41, 5.74) is -1.21. The third-order valence-corrected chi connectivity index (χ3v) is 4.82. The molecule has 1 aliphatic rings. The van der Waals surface area contributed by atoms with Crippen LogP contribution >= 0.6 is 11.3 Å². The zero-order chi connectivity index (χ0) is 18.6. The van der Waals surface area contributed by atoms with Gasteiger partial charge in [-0.05, 0) is 25.3 Å². The smallest absolute Gasteiger partial charge is 0.262 e.